The molecule has 0 unspecified atom stereocenters. The number of aliphatic hydroxyl groups excluding tert-OH is 2. The Labute approximate surface area is 92.6 Å². The molecule has 7 heteroatoms. The van der Waals surface area contributed by atoms with Crippen LogP contribution in [0.15, 0.2) is 0 Å². The number of ether oxygens (including phenoxy) is 2. The van der Waals surface area contributed by atoms with Crippen molar-refractivity contribution in [2.45, 2.75) is 6.92 Å². The molecule has 0 radical (unpaired) electrons. The molecule has 0 aliphatic rings. The Kier molecular flexibility index (Phi) is 6.63. The molecule has 0 amide bonds. The Bertz CT molecular complexity index is 234. The summed E-state index contributed by atoms with van der Waals surface area (Å²) in [6.45, 7) is -0.321. The van der Waals surface area contributed by atoms with Gasteiger partial charge in [0.1, 0.15) is 19.8 Å². The molecular weight excluding hydrogens is 220 g/mol. The normalized spacial score (nSPS) is 11.2. The minimum atomic E-state index is -1.18. The van der Waals surface area contributed by atoms with Gasteiger partial charge in [0, 0.05) is 5.41 Å². The van der Waals surface area contributed by atoms with Crippen LogP contribution < -0.4 is 0 Å². The van der Waals surface area contributed by atoms with Gasteiger partial charge < -0.3 is 24.8 Å². The molecule has 0 saturated carbocycles. The lowest BCUT2D eigenvalue weighted by Crippen LogP contribution is -2.33. The van der Waals surface area contributed by atoms with Gasteiger partial charge in [0.15, 0.2) is 0 Å². The van der Waals surface area contributed by atoms with E-state index >= 15 is 0 Å². The van der Waals surface area contributed by atoms with Gasteiger partial charge in [-0.25, -0.2) is 9.59 Å². The summed E-state index contributed by atoms with van der Waals surface area (Å²) in [5, 5.41) is 26.0. The predicted molar refractivity (Wildman–Crippen MR) is 51.7 cm³/mol. The maximum atomic E-state index is 11.0. The fraction of sp³-hybridized carbons (Fsp3) is 0.778. The third kappa shape index (κ3) is 6.33. The van der Waals surface area contributed by atoms with Gasteiger partial charge in [-0.05, 0) is 0 Å². The first-order valence-corrected chi connectivity index (χ1v) is 4.60. The summed E-state index contributed by atoms with van der Waals surface area (Å²) in [5.41, 5.74) is -0.900. The van der Waals surface area contributed by atoms with E-state index in [0.29, 0.717) is 0 Å². The molecule has 0 aromatic heterocycles. The summed E-state index contributed by atoms with van der Waals surface area (Å²) in [4.78, 5) is 21.0. The van der Waals surface area contributed by atoms with Crippen molar-refractivity contribution in [1.29, 1.82) is 0 Å². The fourth-order valence-corrected chi connectivity index (χ4v) is 0.659. The summed E-state index contributed by atoms with van der Waals surface area (Å²) in [6.07, 6.45) is 0. The lowest BCUT2D eigenvalue weighted by atomic mass is 9.95. The van der Waals surface area contributed by atoms with Crippen molar-refractivity contribution in [3.05, 3.63) is 0 Å². The second-order valence-electron chi connectivity index (χ2n) is 3.67. The van der Waals surface area contributed by atoms with E-state index in [1.54, 1.807) is 6.92 Å². The van der Waals surface area contributed by atoms with Crippen molar-refractivity contribution in [2.24, 2.45) is 5.41 Å². The Morgan fingerprint density at radius 3 is 2.19 bits per heavy atom. The number of carbonyl (C=O) groups excluding carboxylic acids is 1. The van der Waals surface area contributed by atoms with Crippen LogP contribution in [0.4, 0.5) is 0 Å². The molecule has 0 saturated heterocycles. The number of hydrogen-bond donors (Lipinski definition) is 3. The van der Waals surface area contributed by atoms with Crippen molar-refractivity contribution in [2.75, 3.05) is 33.0 Å². The Morgan fingerprint density at radius 2 is 1.75 bits per heavy atom. The van der Waals surface area contributed by atoms with Crippen LogP contribution in [0, 0.1) is 5.41 Å². The lowest BCUT2D eigenvalue weighted by Gasteiger charge is -2.23. The van der Waals surface area contributed by atoms with E-state index in [9.17, 15) is 9.59 Å². The molecule has 0 heterocycles. The number of carbonyl (C=O) groups is 2. The van der Waals surface area contributed by atoms with E-state index in [0.717, 1.165) is 0 Å². The topological polar surface area (TPSA) is 113 Å². The van der Waals surface area contributed by atoms with Crippen LogP contribution in [-0.2, 0) is 19.1 Å². The Balaban J connectivity index is 3.76. The first-order valence-electron chi connectivity index (χ1n) is 4.60. The zero-order valence-electron chi connectivity index (χ0n) is 9.01. The quantitative estimate of drug-likeness (QED) is 0.445. The molecule has 0 aromatic carbocycles. The van der Waals surface area contributed by atoms with E-state index in [2.05, 4.69) is 4.74 Å². The van der Waals surface area contributed by atoms with Crippen LogP contribution in [0.25, 0.3) is 0 Å². The number of rotatable bonds is 8. The van der Waals surface area contributed by atoms with Crippen LogP contribution in [0.1, 0.15) is 6.92 Å². The maximum absolute atomic E-state index is 11.0. The Hall–Kier alpha value is -1.18. The predicted octanol–water partition coefficient (Wildman–Crippen LogP) is -1.38. The van der Waals surface area contributed by atoms with Crippen LogP contribution in [0.5, 0.6) is 0 Å². The third-order valence-electron chi connectivity index (χ3n) is 1.79. The summed E-state index contributed by atoms with van der Waals surface area (Å²) in [6, 6.07) is 0. The standard InChI is InChI=1S/C9H16O7/c1-9(4-10,5-11)6-16-8(14)3-15-2-7(12)13/h10-11H,2-6H2,1H3,(H,12,13). The number of carboxylic acids is 1. The monoisotopic (exact) mass is 236 g/mol. The van der Waals surface area contributed by atoms with Gasteiger partial charge in [0.25, 0.3) is 0 Å². The molecule has 0 rings (SSSR count). The van der Waals surface area contributed by atoms with Crippen LogP contribution >= 0.6 is 0 Å². The number of aliphatic hydroxyl groups is 2. The molecule has 0 aromatic rings. The number of esters is 1. The van der Waals surface area contributed by atoms with E-state index < -0.39 is 30.6 Å². The van der Waals surface area contributed by atoms with Gasteiger partial charge in [-0.3, -0.25) is 0 Å². The number of aliphatic carboxylic acids is 1. The van der Waals surface area contributed by atoms with E-state index in [1.807, 2.05) is 0 Å². The highest BCUT2D eigenvalue weighted by molar-refractivity contribution is 5.72. The van der Waals surface area contributed by atoms with Gasteiger partial charge >= 0.3 is 11.9 Å². The van der Waals surface area contributed by atoms with E-state index in [-0.39, 0.29) is 19.8 Å². The molecule has 0 spiro atoms. The molecule has 7 nitrogen and oxygen atoms in total. The maximum Gasteiger partial charge on any atom is 0.332 e. The van der Waals surface area contributed by atoms with E-state index in [1.165, 1.54) is 0 Å². The fourth-order valence-electron chi connectivity index (χ4n) is 0.659. The average Bonchev–Trinajstić information content (AvgIpc) is 2.25. The highest BCUT2D eigenvalue weighted by atomic mass is 16.6. The summed E-state index contributed by atoms with van der Waals surface area (Å²) >= 11 is 0. The molecule has 0 fully saturated rings. The molecular formula is C9H16O7. The molecule has 3 N–H and O–H groups in total. The van der Waals surface area contributed by atoms with Crippen LogP contribution in [0.2, 0.25) is 0 Å². The molecule has 0 aliphatic heterocycles. The summed E-state index contributed by atoms with van der Waals surface area (Å²) in [5.74, 6) is -1.92. The van der Waals surface area contributed by atoms with Crippen molar-refractivity contribution in [3.8, 4) is 0 Å². The van der Waals surface area contributed by atoms with Crippen LogP contribution in [-0.4, -0.2) is 60.3 Å². The van der Waals surface area contributed by atoms with Crippen molar-refractivity contribution in [1.82, 2.24) is 0 Å². The third-order valence-corrected chi connectivity index (χ3v) is 1.79. The van der Waals surface area contributed by atoms with Crippen molar-refractivity contribution >= 4 is 11.9 Å². The molecule has 0 aliphatic carbocycles. The highest BCUT2D eigenvalue weighted by Crippen LogP contribution is 2.14. The summed E-state index contributed by atoms with van der Waals surface area (Å²) < 4.78 is 9.18. The van der Waals surface area contributed by atoms with Gasteiger partial charge in [0.05, 0.1) is 13.2 Å². The zero-order chi connectivity index (χ0) is 12.6. The first kappa shape index (κ1) is 14.8. The largest absolute Gasteiger partial charge is 0.480 e. The molecule has 0 bridgehead atoms. The van der Waals surface area contributed by atoms with Gasteiger partial charge in [0.2, 0.25) is 0 Å². The Morgan fingerprint density at radius 1 is 1.19 bits per heavy atom. The van der Waals surface area contributed by atoms with Gasteiger partial charge in [-0.15, -0.1) is 0 Å². The number of hydrogen-bond acceptors (Lipinski definition) is 6. The zero-order valence-corrected chi connectivity index (χ0v) is 9.01. The van der Waals surface area contributed by atoms with Crippen molar-refractivity contribution < 1.29 is 34.4 Å². The highest BCUT2D eigenvalue weighted by Gasteiger charge is 2.24. The molecule has 0 atom stereocenters. The second kappa shape index (κ2) is 7.15. The van der Waals surface area contributed by atoms with Crippen LogP contribution in [0.3, 0.4) is 0 Å². The lowest BCUT2D eigenvalue weighted by molar-refractivity contribution is -0.156. The van der Waals surface area contributed by atoms with Gasteiger partial charge in [-0.1, -0.05) is 6.92 Å². The molecule has 94 valence electrons. The van der Waals surface area contributed by atoms with E-state index in [4.69, 9.17) is 20.1 Å². The summed E-state index contributed by atoms with van der Waals surface area (Å²) in [7, 11) is 0. The molecule has 16 heavy (non-hydrogen) atoms. The minimum Gasteiger partial charge on any atom is -0.480 e. The SMILES string of the molecule is CC(CO)(CO)COC(=O)COCC(=O)O. The average molecular weight is 236 g/mol. The first-order chi connectivity index (χ1) is 7.43. The second-order valence-corrected chi connectivity index (χ2v) is 3.67. The number of carboxylic acid groups (broad SMARTS) is 1. The van der Waals surface area contributed by atoms with Gasteiger partial charge in [-0.2, -0.15) is 0 Å². The van der Waals surface area contributed by atoms with Crippen molar-refractivity contribution in [3.63, 3.8) is 0 Å². The smallest absolute Gasteiger partial charge is 0.332 e. The minimum absolute atomic E-state index is 0.157.